The molecule has 10 aromatic rings. The maximum absolute atomic E-state index is 13.7. The van der Waals surface area contributed by atoms with Gasteiger partial charge in [0, 0.05) is 136 Å². The number of imidazole rings is 1. The predicted molar refractivity (Wildman–Crippen MR) is 467 cm³/mol. The summed E-state index contributed by atoms with van der Waals surface area (Å²) in [4.78, 5) is 47.3. The SMILES string of the molecule is O=C(NN1CCCCC1)c1nn(-c2ccc(Cl)cc2Cl)c(-c2ccc(Cl)cc2)c1CNS(=O)(=O)C1CCCC1.O=C(NN1CCCCC1)c1nn(-c2ccc(Cl)cc2Cl)c(-c2ccc(Cl)cc2)c1CNS(=O)(=O)N1CCS(=O)(=O)CC1.O=C(NN1CCCCC1)c1nn(-c2ccc(Cl)cc2Cl)c(-c2ccc(Cl)cc2)c1CNS(=O)(=O)c1cnc[nH]1. The van der Waals surface area contributed by atoms with Gasteiger partial charge in [-0.1, -0.05) is 173 Å². The highest BCUT2D eigenvalue weighted by atomic mass is 35.5. The van der Waals surface area contributed by atoms with E-state index in [1.807, 2.05) is 15.0 Å². The van der Waals surface area contributed by atoms with Gasteiger partial charge in [-0.3, -0.25) is 30.7 Å². The Bertz CT molecular complexity index is 5840. The fourth-order valence-electron chi connectivity index (χ4n) is 14.5. The number of benzene rings is 6. The number of rotatable bonds is 24. The first kappa shape index (κ1) is 90.4. The van der Waals surface area contributed by atoms with Crippen molar-refractivity contribution >= 4 is 162 Å². The molecule has 15 rings (SSSR count). The van der Waals surface area contributed by atoms with Gasteiger partial charge >= 0.3 is 0 Å². The van der Waals surface area contributed by atoms with Crippen LogP contribution in [0.2, 0.25) is 45.2 Å². The lowest BCUT2D eigenvalue weighted by Crippen LogP contribution is -2.48. The van der Waals surface area contributed by atoms with Gasteiger partial charge in [0.2, 0.25) is 10.0 Å². The number of aromatic amines is 1. The first-order valence-electron chi connectivity index (χ1n) is 38.5. The van der Waals surface area contributed by atoms with Gasteiger partial charge in [-0.15, -0.1) is 0 Å². The number of sulfonamides is 2. The lowest BCUT2D eigenvalue weighted by atomic mass is 10.0. The molecule has 120 heavy (non-hydrogen) atoms. The number of amides is 3. The maximum Gasteiger partial charge on any atom is 0.286 e. The molecule has 0 radical (unpaired) electrons. The number of hydrogen-bond acceptors (Lipinski definition) is 18. The highest BCUT2D eigenvalue weighted by Gasteiger charge is 2.36. The van der Waals surface area contributed by atoms with Crippen LogP contribution >= 0.6 is 104 Å². The molecule has 29 nitrogen and oxygen atoms in total. The van der Waals surface area contributed by atoms with Crippen molar-refractivity contribution in [3.05, 3.63) is 219 Å². The maximum atomic E-state index is 13.7. The van der Waals surface area contributed by atoms with E-state index in [9.17, 15) is 48.1 Å². The van der Waals surface area contributed by atoms with Gasteiger partial charge in [0.25, 0.3) is 38.0 Å². The fourth-order valence-corrected chi connectivity index (χ4v) is 21.4. The van der Waals surface area contributed by atoms with Crippen molar-refractivity contribution in [1.82, 2.24) is 89.1 Å². The Morgan fingerprint density at radius 2 is 0.733 bits per heavy atom. The second-order valence-corrected chi connectivity index (χ2v) is 40.6. The second kappa shape index (κ2) is 40.1. The smallest absolute Gasteiger partial charge is 0.286 e. The molecule has 3 amide bonds. The van der Waals surface area contributed by atoms with Crippen LogP contribution in [0.4, 0.5) is 0 Å². The Morgan fingerprint density at radius 3 is 1.06 bits per heavy atom. The Kier molecular flexibility index (Phi) is 30.2. The summed E-state index contributed by atoms with van der Waals surface area (Å²) < 4.78 is 116. The summed E-state index contributed by atoms with van der Waals surface area (Å²) in [5.41, 5.74) is 14.8. The quantitative estimate of drug-likeness (QED) is 0.0295. The predicted octanol–water partition coefficient (Wildman–Crippen LogP) is 14.5. The molecule has 4 saturated heterocycles. The van der Waals surface area contributed by atoms with E-state index in [2.05, 4.69) is 50.6 Å². The molecule has 7 N–H and O–H groups in total. The summed E-state index contributed by atoms with van der Waals surface area (Å²) in [5, 5.41) is 22.8. The number of nitrogens with one attached hydrogen (secondary N) is 7. The Morgan fingerprint density at radius 1 is 0.408 bits per heavy atom. The molecule has 0 spiro atoms. The van der Waals surface area contributed by atoms with E-state index in [0.717, 1.165) is 88.0 Å². The number of H-pyrrole nitrogens is 1. The zero-order valence-electron chi connectivity index (χ0n) is 64.2. The van der Waals surface area contributed by atoms with Gasteiger partial charge < -0.3 is 4.98 Å². The molecule has 5 aliphatic rings. The second-order valence-electron chi connectivity index (χ2n) is 28.9. The minimum absolute atomic E-state index is 0.000428. The van der Waals surface area contributed by atoms with Crippen molar-refractivity contribution in [2.75, 3.05) is 63.9 Å². The third-order valence-electron chi connectivity index (χ3n) is 20.7. The number of aromatic nitrogens is 8. The summed E-state index contributed by atoms with van der Waals surface area (Å²) >= 11 is 56.7. The number of sulfone groups is 1. The highest BCUT2D eigenvalue weighted by molar-refractivity contribution is 7.92. The van der Waals surface area contributed by atoms with E-state index in [1.165, 1.54) is 21.9 Å². The number of nitrogens with zero attached hydrogens (tertiary/aromatic N) is 11. The monoisotopic (exact) mass is 1890 g/mol. The van der Waals surface area contributed by atoms with Gasteiger partial charge in [0.05, 0.1) is 78.5 Å². The Hall–Kier alpha value is -7.30. The van der Waals surface area contributed by atoms with Crippen LogP contribution in [0.5, 0.6) is 0 Å². The molecule has 0 unspecified atom stereocenters. The number of halogens is 9. The summed E-state index contributed by atoms with van der Waals surface area (Å²) in [6.07, 6.45) is 14.5. The Labute approximate surface area is 740 Å². The lowest BCUT2D eigenvalue weighted by Gasteiger charge is -2.27. The third kappa shape index (κ3) is 22.4. The van der Waals surface area contributed by atoms with E-state index >= 15 is 0 Å². The molecule has 0 atom stereocenters. The van der Waals surface area contributed by atoms with Crippen LogP contribution in [0.1, 0.15) is 132 Å². The van der Waals surface area contributed by atoms with Crippen molar-refractivity contribution in [3.63, 3.8) is 0 Å². The minimum Gasteiger partial charge on any atom is -0.335 e. The molecule has 4 aliphatic heterocycles. The van der Waals surface area contributed by atoms with Crippen LogP contribution in [0, 0.1) is 0 Å². The van der Waals surface area contributed by atoms with Crippen molar-refractivity contribution in [1.29, 1.82) is 0 Å². The van der Waals surface area contributed by atoms with Crippen molar-refractivity contribution in [2.24, 2.45) is 0 Å². The van der Waals surface area contributed by atoms with Gasteiger partial charge in [0.1, 0.15) is 0 Å². The number of carbonyl (C=O) groups is 3. The van der Waals surface area contributed by atoms with E-state index in [0.29, 0.717) is 147 Å². The first-order valence-corrected chi connectivity index (χ1v) is 48.2. The lowest BCUT2D eigenvalue weighted by molar-refractivity contribution is 0.0736. The number of carbonyl (C=O) groups excluding carboxylic acids is 3. The van der Waals surface area contributed by atoms with E-state index in [1.54, 1.807) is 132 Å². The molecule has 5 fully saturated rings. The molecule has 638 valence electrons. The first-order chi connectivity index (χ1) is 57.4. The normalized spacial score (nSPS) is 16.6. The average molecular weight is 1900 g/mol. The molecule has 1 saturated carbocycles. The van der Waals surface area contributed by atoms with Gasteiger partial charge in [-0.2, -0.15) is 32.7 Å². The molecule has 42 heteroatoms. The van der Waals surface area contributed by atoms with Crippen LogP contribution in [-0.4, -0.2) is 179 Å². The third-order valence-corrected chi connectivity index (χ3v) is 29.4. The van der Waals surface area contributed by atoms with Crippen LogP contribution in [0.3, 0.4) is 0 Å². The Balaban J connectivity index is 0.000000156. The van der Waals surface area contributed by atoms with Crippen LogP contribution in [-0.2, 0) is 59.7 Å². The van der Waals surface area contributed by atoms with E-state index in [-0.39, 0.29) is 71.4 Å². The zero-order chi connectivity index (χ0) is 85.2. The largest absolute Gasteiger partial charge is 0.335 e. The van der Waals surface area contributed by atoms with Crippen molar-refractivity contribution < 1.29 is 48.1 Å². The molecule has 0 bridgehead atoms. The molecular weight excluding hydrogens is 1810 g/mol. The van der Waals surface area contributed by atoms with E-state index < -0.39 is 63.1 Å². The molecular formula is C78H83Cl9N18O11S4. The number of piperidine rings is 3. The summed E-state index contributed by atoms with van der Waals surface area (Å²) in [6, 6.07) is 35.6. The highest BCUT2D eigenvalue weighted by Crippen LogP contribution is 2.39. The minimum atomic E-state index is -4.10. The molecule has 8 heterocycles. The van der Waals surface area contributed by atoms with Crippen LogP contribution in [0.25, 0.3) is 50.8 Å². The summed E-state index contributed by atoms with van der Waals surface area (Å²) in [6.45, 7) is 3.27. The molecule has 6 aromatic carbocycles. The molecule has 1 aliphatic carbocycles. The summed E-state index contributed by atoms with van der Waals surface area (Å²) in [5.74, 6) is -1.91. The van der Waals surface area contributed by atoms with E-state index in [4.69, 9.17) is 110 Å². The van der Waals surface area contributed by atoms with Gasteiger partial charge in [-0.05, 0) is 142 Å². The number of hydrogen-bond donors (Lipinski definition) is 7. The van der Waals surface area contributed by atoms with Gasteiger partial charge in [0.15, 0.2) is 31.9 Å². The van der Waals surface area contributed by atoms with Crippen molar-refractivity contribution in [3.8, 4) is 50.8 Å². The van der Waals surface area contributed by atoms with Gasteiger partial charge in [-0.25, -0.2) is 68.8 Å². The summed E-state index contributed by atoms with van der Waals surface area (Å²) in [7, 11) is -15.0. The fraction of sp³-hybridized carbons (Fsp3) is 0.346. The molecule has 4 aromatic heterocycles. The van der Waals surface area contributed by atoms with Crippen LogP contribution in [0.15, 0.2) is 145 Å². The number of hydrazine groups is 3. The van der Waals surface area contributed by atoms with Crippen molar-refractivity contribution in [2.45, 2.75) is 113 Å². The zero-order valence-corrected chi connectivity index (χ0v) is 74.3. The van der Waals surface area contributed by atoms with Crippen LogP contribution < -0.4 is 30.4 Å². The standard InChI is InChI=1S/C27H30Cl3N5O3S.C26H29Cl3N6O5S2.C25H24Cl3N7O3S/c28-19-10-8-18(9-11-19)26-22(17-31-39(37,38)21-6-2-3-7-21)25(27(36)33-34-14-4-1-5-15-34)32-35(26)24-13-12-20(29)16-23(24)30;27-19-6-4-18(5-7-19)25-21(17-30-42(39,40)34-12-14-41(37,38)15-13-34)24(26(36)32-33-10-2-1-3-11-33)31-35(25)23-9-8-20(28)16-22(23)29;26-17-6-4-16(5-7-17)24-19(13-31-39(37,38)22-14-29-15-30-22)23(25(36)33-34-10-2-1-3-11-34)32-35(24)21-9-8-18(27)12-20(21)28/h8-13,16,21,31H,1-7,14-15,17H2,(H,33,36);4-9,16,30H,1-3,10-15,17H2,(H,32,36);4-9,12,14-15,31H,1-3,10-11,13H2,(H,29,30)(H,33,36). The average Bonchev–Trinajstić information content (AvgIpc) is 1.62. The topological polar surface area (TPSA) is 355 Å².